The number of aliphatic carboxylic acids is 1. The van der Waals surface area contributed by atoms with E-state index in [1.165, 1.54) is 18.3 Å². The predicted molar refractivity (Wildman–Crippen MR) is 62.8 cm³/mol. The van der Waals surface area contributed by atoms with Crippen LogP contribution in [0.15, 0.2) is 18.3 Å². The molecule has 0 spiro atoms. The minimum absolute atomic E-state index is 0.0938. The molecule has 1 atom stereocenters. The number of aromatic nitrogens is 1. The van der Waals surface area contributed by atoms with E-state index in [1.54, 1.807) is 0 Å². The van der Waals surface area contributed by atoms with Crippen LogP contribution in [0.1, 0.15) is 35.8 Å². The summed E-state index contributed by atoms with van der Waals surface area (Å²) in [5.41, 5.74) is 0.436. The summed E-state index contributed by atoms with van der Waals surface area (Å²) < 4.78 is 0. The maximum absolute atomic E-state index is 11.7. The molecule has 0 fully saturated rings. The van der Waals surface area contributed by atoms with Crippen molar-refractivity contribution in [1.82, 2.24) is 10.3 Å². The summed E-state index contributed by atoms with van der Waals surface area (Å²) in [6.45, 7) is 1.84. The number of carboxylic acid groups (broad SMARTS) is 1. The van der Waals surface area contributed by atoms with E-state index in [0.29, 0.717) is 18.4 Å². The van der Waals surface area contributed by atoms with Crippen LogP contribution in [-0.4, -0.2) is 28.0 Å². The standard InChI is InChI=1S/C12H13N3O3/c1-2-3-10(12(17)18)15-11(16)9-5-4-8(6-13)7-14-9/h4-5,7,10H,2-3H2,1H3,(H,15,16)(H,17,18)/t10-/m1/s1. The first-order valence-corrected chi connectivity index (χ1v) is 5.48. The summed E-state index contributed by atoms with van der Waals surface area (Å²) in [6, 6.07) is 3.81. The molecule has 0 unspecified atom stereocenters. The molecule has 0 saturated heterocycles. The zero-order valence-electron chi connectivity index (χ0n) is 9.88. The van der Waals surface area contributed by atoms with Gasteiger partial charge in [-0.1, -0.05) is 13.3 Å². The highest BCUT2D eigenvalue weighted by molar-refractivity contribution is 5.94. The van der Waals surface area contributed by atoms with Crippen LogP contribution >= 0.6 is 0 Å². The molecular formula is C12H13N3O3. The Morgan fingerprint density at radius 3 is 2.72 bits per heavy atom. The maximum Gasteiger partial charge on any atom is 0.326 e. The van der Waals surface area contributed by atoms with E-state index in [9.17, 15) is 9.59 Å². The second-order valence-electron chi connectivity index (χ2n) is 3.70. The topological polar surface area (TPSA) is 103 Å². The van der Waals surface area contributed by atoms with Crippen molar-refractivity contribution < 1.29 is 14.7 Å². The number of nitrogens with one attached hydrogen (secondary N) is 1. The number of pyridine rings is 1. The maximum atomic E-state index is 11.7. The molecule has 94 valence electrons. The number of carbonyl (C=O) groups is 2. The Morgan fingerprint density at radius 1 is 1.56 bits per heavy atom. The summed E-state index contributed by atoms with van der Waals surface area (Å²) in [7, 11) is 0. The molecule has 0 radical (unpaired) electrons. The van der Waals surface area contributed by atoms with Gasteiger partial charge in [-0.15, -0.1) is 0 Å². The molecule has 1 rings (SSSR count). The molecule has 0 aromatic carbocycles. The van der Waals surface area contributed by atoms with Gasteiger partial charge < -0.3 is 10.4 Å². The molecular weight excluding hydrogens is 234 g/mol. The number of hydrogen-bond acceptors (Lipinski definition) is 4. The third-order valence-corrected chi connectivity index (χ3v) is 2.31. The summed E-state index contributed by atoms with van der Waals surface area (Å²) in [4.78, 5) is 26.4. The zero-order valence-corrected chi connectivity index (χ0v) is 9.88. The summed E-state index contributed by atoms with van der Waals surface area (Å²) in [6.07, 6.45) is 2.28. The van der Waals surface area contributed by atoms with E-state index in [2.05, 4.69) is 10.3 Å². The minimum atomic E-state index is -1.07. The van der Waals surface area contributed by atoms with Gasteiger partial charge in [0.25, 0.3) is 5.91 Å². The normalized spacial score (nSPS) is 11.3. The van der Waals surface area contributed by atoms with Crippen LogP contribution in [0.25, 0.3) is 0 Å². The van der Waals surface area contributed by atoms with Crippen molar-refractivity contribution in [3.05, 3.63) is 29.6 Å². The van der Waals surface area contributed by atoms with Gasteiger partial charge in [0.05, 0.1) is 5.56 Å². The van der Waals surface area contributed by atoms with Crippen molar-refractivity contribution in [3.63, 3.8) is 0 Å². The minimum Gasteiger partial charge on any atom is -0.480 e. The van der Waals surface area contributed by atoms with Gasteiger partial charge in [-0.05, 0) is 18.6 Å². The number of rotatable bonds is 5. The predicted octanol–water partition coefficient (Wildman–Crippen LogP) is 0.936. The van der Waals surface area contributed by atoms with Crippen molar-refractivity contribution in [1.29, 1.82) is 5.26 Å². The average Bonchev–Trinajstić information content (AvgIpc) is 2.38. The third kappa shape index (κ3) is 3.56. The Morgan fingerprint density at radius 2 is 2.28 bits per heavy atom. The molecule has 18 heavy (non-hydrogen) atoms. The third-order valence-electron chi connectivity index (χ3n) is 2.31. The van der Waals surface area contributed by atoms with Crippen LogP contribution in [0.2, 0.25) is 0 Å². The van der Waals surface area contributed by atoms with Gasteiger partial charge in [0.2, 0.25) is 0 Å². The highest BCUT2D eigenvalue weighted by atomic mass is 16.4. The molecule has 1 amide bonds. The van der Waals surface area contributed by atoms with Crippen LogP contribution in [0, 0.1) is 11.3 Å². The fourth-order valence-electron chi connectivity index (χ4n) is 1.37. The second kappa shape index (κ2) is 6.35. The van der Waals surface area contributed by atoms with Gasteiger partial charge in [-0.3, -0.25) is 4.79 Å². The monoisotopic (exact) mass is 247 g/mol. The molecule has 6 heteroatoms. The molecule has 1 aromatic heterocycles. The lowest BCUT2D eigenvalue weighted by Gasteiger charge is -2.12. The van der Waals surface area contributed by atoms with Gasteiger partial charge in [-0.25, -0.2) is 9.78 Å². The van der Waals surface area contributed by atoms with Gasteiger partial charge in [0.15, 0.2) is 0 Å². The average molecular weight is 247 g/mol. The van der Waals surface area contributed by atoms with Crippen molar-refractivity contribution in [2.45, 2.75) is 25.8 Å². The van der Waals surface area contributed by atoms with Crippen molar-refractivity contribution >= 4 is 11.9 Å². The lowest BCUT2D eigenvalue weighted by molar-refractivity contribution is -0.139. The highest BCUT2D eigenvalue weighted by Crippen LogP contribution is 2.02. The first kappa shape index (κ1) is 13.6. The van der Waals surface area contributed by atoms with Crippen LogP contribution in [0.3, 0.4) is 0 Å². The van der Waals surface area contributed by atoms with E-state index < -0.39 is 17.9 Å². The smallest absolute Gasteiger partial charge is 0.326 e. The summed E-state index contributed by atoms with van der Waals surface area (Å²) in [5.74, 6) is -1.63. The van der Waals surface area contributed by atoms with Crippen molar-refractivity contribution in [2.24, 2.45) is 0 Å². The number of carbonyl (C=O) groups excluding carboxylic acids is 1. The fraction of sp³-hybridized carbons (Fsp3) is 0.333. The van der Waals surface area contributed by atoms with Crippen LogP contribution in [0.5, 0.6) is 0 Å². The number of carboxylic acids is 1. The van der Waals surface area contributed by atoms with Gasteiger partial charge in [0, 0.05) is 6.20 Å². The lowest BCUT2D eigenvalue weighted by atomic mass is 10.1. The number of nitrogens with zero attached hydrogens (tertiary/aromatic N) is 2. The van der Waals surface area contributed by atoms with Gasteiger partial charge in [-0.2, -0.15) is 5.26 Å². The van der Waals surface area contributed by atoms with Gasteiger partial charge in [0.1, 0.15) is 17.8 Å². The van der Waals surface area contributed by atoms with Crippen molar-refractivity contribution in [3.8, 4) is 6.07 Å². The first-order valence-electron chi connectivity index (χ1n) is 5.48. The molecule has 0 bridgehead atoms. The Balaban J connectivity index is 2.74. The van der Waals surface area contributed by atoms with E-state index in [-0.39, 0.29) is 5.69 Å². The Bertz CT molecular complexity index is 476. The molecule has 0 aliphatic carbocycles. The lowest BCUT2D eigenvalue weighted by Crippen LogP contribution is -2.40. The Labute approximate surface area is 104 Å². The SMILES string of the molecule is CCC[C@@H](NC(=O)c1ccc(C#N)cn1)C(=O)O. The van der Waals surface area contributed by atoms with Crippen LogP contribution in [0.4, 0.5) is 0 Å². The molecule has 0 saturated carbocycles. The largest absolute Gasteiger partial charge is 0.480 e. The van der Waals surface area contributed by atoms with E-state index in [1.807, 2.05) is 13.0 Å². The van der Waals surface area contributed by atoms with Crippen molar-refractivity contribution in [2.75, 3.05) is 0 Å². The summed E-state index contributed by atoms with van der Waals surface area (Å²) in [5, 5.41) is 19.9. The molecule has 1 heterocycles. The number of nitriles is 1. The molecule has 0 aliphatic heterocycles. The molecule has 0 aliphatic rings. The summed E-state index contributed by atoms with van der Waals surface area (Å²) >= 11 is 0. The van der Waals surface area contributed by atoms with E-state index in [4.69, 9.17) is 10.4 Å². The second-order valence-corrected chi connectivity index (χ2v) is 3.70. The number of amides is 1. The van der Waals surface area contributed by atoms with E-state index in [0.717, 1.165) is 0 Å². The first-order chi connectivity index (χ1) is 8.58. The molecule has 6 nitrogen and oxygen atoms in total. The number of hydrogen-bond donors (Lipinski definition) is 2. The molecule has 1 aromatic rings. The quantitative estimate of drug-likeness (QED) is 0.805. The Kier molecular flexibility index (Phi) is 4.81. The van der Waals surface area contributed by atoms with Gasteiger partial charge >= 0.3 is 5.97 Å². The fourth-order valence-corrected chi connectivity index (χ4v) is 1.37. The Hall–Kier alpha value is -2.42. The molecule has 2 N–H and O–H groups in total. The van der Waals surface area contributed by atoms with Crippen LogP contribution in [-0.2, 0) is 4.79 Å². The highest BCUT2D eigenvalue weighted by Gasteiger charge is 2.20. The van der Waals surface area contributed by atoms with E-state index >= 15 is 0 Å². The zero-order chi connectivity index (χ0) is 13.5. The van der Waals surface area contributed by atoms with Crippen LogP contribution < -0.4 is 5.32 Å².